The molecular formula is C13H11BrClNO2S. The van der Waals surface area contributed by atoms with Crippen LogP contribution < -0.4 is 5.32 Å². The van der Waals surface area contributed by atoms with Crippen LogP contribution in [0, 0.1) is 0 Å². The lowest BCUT2D eigenvalue weighted by Gasteiger charge is -2.16. The van der Waals surface area contributed by atoms with E-state index in [4.69, 9.17) is 16.3 Å². The lowest BCUT2D eigenvalue weighted by molar-refractivity contribution is -0.141. The summed E-state index contributed by atoms with van der Waals surface area (Å²) in [6.07, 6.45) is 0. The highest BCUT2D eigenvalue weighted by Gasteiger charge is 2.23. The van der Waals surface area contributed by atoms with Gasteiger partial charge in [0.05, 0.1) is 7.11 Å². The van der Waals surface area contributed by atoms with Gasteiger partial charge in [-0.05, 0) is 40.2 Å². The maximum Gasteiger partial charge on any atom is 0.333 e. The molecule has 0 bridgehead atoms. The fourth-order valence-corrected chi connectivity index (χ4v) is 3.26. The second-order valence-corrected chi connectivity index (χ2v) is 6.07. The molecule has 0 aliphatic heterocycles. The van der Waals surface area contributed by atoms with Gasteiger partial charge in [-0.1, -0.05) is 17.7 Å². The molecule has 100 valence electrons. The fourth-order valence-electron chi connectivity index (χ4n) is 1.59. The summed E-state index contributed by atoms with van der Waals surface area (Å²) >= 11 is 10.8. The molecule has 19 heavy (non-hydrogen) atoms. The Balaban J connectivity index is 2.26. The van der Waals surface area contributed by atoms with Crippen LogP contribution in [0.3, 0.4) is 0 Å². The van der Waals surface area contributed by atoms with Crippen molar-refractivity contribution in [2.45, 2.75) is 6.04 Å². The SMILES string of the molecule is COC(=O)C(Nc1cccc(Cl)c1)c1cc(Br)cs1. The summed E-state index contributed by atoms with van der Waals surface area (Å²) in [4.78, 5) is 12.8. The molecule has 1 N–H and O–H groups in total. The summed E-state index contributed by atoms with van der Waals surface area (Å²) < 4.78 is 5.77. The van der Waals surface area contributed by atoms with E-state index in [1.54, 1.807) is 12.1 Å². The molecule has 1 atom stereocenters. The number of hydrogen-bond donors (Lipinski definition) is 1. The number of nitrogens with one attached hydrogen (secondary N) is 1. The number of carbonyl (C=O) groups excluding carboxylic acids is 1. The van der Waals surface area contributed by atoms with Crippen LogP contribution in [0.2, 0.25) is 5.02 Å². The van der Waals surface area contributed by atoms with Gasteiger partial charge in [0.2, 0.25) is 0 Å². The molecule has 0 aliphatic rings. The first-order valence-corrected chi connectivity index (χ1v) is 7.49. The second kappa shape index (κ2) is 6.41. The Morgan fingerprint density at radius 1 is 1.47 bits per heavy atom. The Kier molecular flexibility index (Phi) is 4.85. The van der Waals surface area contributed by atoms with Crippen molar-refractivity contribution in [1.29, 1.82) is 0 Å². The molecule has 2 rings (SSSR count). The maximum absolute atomic E-state index is 11.9. The van der Waals surface area contributed by atoms with E-state index in [-0.39, 0.29) is 5.97 Å². The number of thiophene rings is 1. The fraction of sp³-hybridized carbons (Fsp3) is 0.154. The number of halogens is 2. The molecule has 0 saturated heterocycles. The van der Waals surface area contributed by atoms with Gasteiger partial charge in [-0.2, -0.15) is 0 Å². The van der Waals surface area contributed by atoms with Crippen LogP contribution in [0.4, 0.5) is 5.69 Å². The first-order chi connectivity index (χ1) is 9.10. The molecule has 0 radical (unpaired) electrons. The third kappa shape index (κ3) is 3.72. The highest BCUT2D eigenvalue weighted by atomic mass is 79.9. The average Bonchev–Trinajstić information content (AvgIpc) is 2.81. The van der Waals surface area contributed by atoms with Gasteiger partial charge >= 0.3 is 5.97 Å². The molecule has 0 fully saturated rings. The van der Waals surface area contributed by atoms with Crippen molar-refractivity contribution in [3.05, 3.63) is 50.1 Å². The number of carbonyl (C=O) groups is 1. The van der Waals surface area contributed by atoms with Crippen LogP contribution >= 0.6 is 38.9 Å². The number of hydrogen-bond acceptors (Lipinski definition) is 4. The van der Waals surface area contributed by atoms with Gasteiger partial charge in [0, 0.05) is 25.4 Å². The molecule has 0 aliphatic carbocycles. The van der Waals surface area contributed by atoms with Gasteiger partial charge in [0.15, 0.2) is 6.04 Å². The van der Waals surface area contributed by atoms with E-state index in [2.05, 4.69) is 21.2 Å². The van der Waals surface area contributed by atoms with Crippen LogP contribution in [0.15, 0.2) is 40.2 Å². The Morgan fingerprint density at radius 2 is 2.26 bits per heavy atom. The Bertz CT molecular complexity index is 588. The Hall–Kier alpha value is -1.04. The summed E-state index contributed by atoms with van der Waals surface area (Å²) in [6, 6.07) is 8.57. The van der Waals surface area contributed by atoms with Gasteiger partial charge in [0.25, 0.3) is 0 Å². The number of ether oxygens (including phenoxy) is 1. The Morgan fingerprint density at radius 3 is 2.84 bits per heavy atom. The van der Waals surface area contributed by atoms with Crippen LogP contribution in [0.25, 0.3) is 0 Å². The normalized spacial score (nSPS) is 11.9. The summed E-state index contributed by atoms with van der Waals surface area (Å²) in [6.45, 7) is 0. The smallest absolute Gasteiger partial charge is 0.333 e. The first kappa shape index (κ1) is 14.4. The quantitative estimate of drug-likeness (QED) is 0.816. The number of rotatable bonds is 4. The molecule has 2 aromatic rings. The molecule has 1 aromatic heterocycles. The van der Waals surface area contributed by atoms with Gasteiger partial charge in [-0.25, -0.2) is 4.79 Å². The van der Waals surface area contributed by atoms with E-state index in [0.717, 1.165) is 15.0 Å². The minimum Gasteiger partial charge on any atom is -0.467 e. The molecule has 3 nitrogen and oxygen atoms in total. The van der Waals surface area contributed by atoms with Crippen molar-refractivity contribution in [2.24, 2.45) is 0 Å². The third-order valence-electron chi connectivity index (χ3n) is 2.44. The lowest BCUT2D eigenvalue weighted by Crippen LogP contribution is -2.21. The molecule has 6 heteroatoms. The number of benzene rings is 1. The predicted octanol–water partition coefficient (Wildman–Crippen LogP) is 4.49. The third-order valence-corrected chi connectivity index (χ3v) is 4.44. The Labute approximate surface area is 128 Å². The average molecular weight is 361 g/mol. The molecule has 1 heterocycles. The van der Waals surface area contributed by atoms with Crippen molar-refractivity contribution in [3.63, 3.8) is 0 Å². The van der Waals surface area contributed by atoms with Crippen LogP contribution in [0.1, 0.15) is 10.9 Å². The predicted molar refractivity (Wildman–Crippen MR) is 81.9 cm³/mol. The van der Waals surface area contributed by atoms with Crippen LogP contribution in [-0.2, 0) is 9.53 Å². The van der Waals surface area contributed by atoms with Gasteiger partial charge in [0.1, 0.15) is 0 Å². The van der Waals surface area contributed by atoms with Gasteiger partial charge < -0.3 is 10.1 Å². The monoisotopic (exact) mass is 359 g/mol. The van der Waals surface area contributed by atoms with Crippen LogP contribution in [0.5, 0.6) is 0 Å². The summed E-state index contributed by atoms with van der Waals surface area (Å²) in [7, 11) is 1.37. The molecule has 0 saturated carbocycles. The summed E-state index contributed by atoms with van der Waals surface area (Å²) in [5.74, 6) is -0.339. The highest BCUT2D eigenvalue weighted by molar-refractivity contribution is 9.10. The number of esters is 1. The van der Waals surface area contributed by atoms with E-state index in [9.17, 15) is 4.79 Å². The zero-order chi connectivity index (χ0) is 13.8. The van der Waals surface area contributed by atoms with E-state index in [1.165, 1.54) is 18.4 Å². The minimum atomic E-state index is -0.542. The molecule has 0 spiro atoms. The summed E-state index contributed by atoms with van der Waals surface area (Å²) in [5.41, 5.74) is 0.771. The largest absolute Gasteiger partial charge is 0.467 e. The van der Waals surface area contributed by atoms with E-state index in [0.29, 0.717) is 5.02 Å². The summed E-state index contributed by atoms with van der Waals surface area (Å²) in [5, 5.41) is 5.66. The highest BCUT2D eigenvalue weighted by Crippen LogP contribution is 2.29. The molecule has 1 aromatic carbocycles. The van der Waals surface area contributed by atoms with E-state index >= 15 is 0 Å². The molecule has 1 unspecified atom stereocenters. The van der Waals surface area contributed by atoms with Gasteiger partial charge in [-0.3, -0.25) is 0 Å². The zero-order valence-corrected chi connectivity index (χ0v) is 13.2. The molecular weight excluding hydrogens is 350 g/mol. The lowest BCUT2D eigenvalue weighted by atomic mass is 10.2. The van der Waals surface area contributed by atoms with E-state index < -0.39 is 6.04 Å². The van der Waals surface area contributed by atoms with Crippen molar-refractivity contribution < 1.29 is 9.53 Å². The standard InChI is InChI=1S/C13H11BrClNO2S/c1-18-13(17)12(11-5-8(14)7-19-11)16-10-4-2-3-9(15)6-10/h2-7,12,16H,1H3. The zero-order valence-electron chi connectivity index (χ0n) is 10.0. The maximum atomic E-state index is 11.9. The van der Waals surface area contributed by atoms with Crippen molar-refractivity contribution in [2.75, 3.05) is 12.4 Å². The van der Waals surface area contributed by atoms with Crippen LogP contribution in [-0.4, -0.2) is 13.1 Å². The topological polar surface area (TPSA) is 38.3 Å². The van der Waals surface area contributed by atoms with Crippen molar-refractivity contribution in [3.8, 4) is 0 Å². The second-order valence-electron chi connectivity index (χ2n) is 3.78. The number of anilines is 1. The molecule has 0 amide bonds. The number of methoxy groups -OCH3 is 1. The van der Waals surface area contributed by atoms with Crippen molar-refractivity contribution in [1.82, 2.24) is 0 Å². The van der Waals surface area contributed by atoms with Crippen molar-refractivity contribution >= 4 is 50.5 Å². The van der Waals surface area contributed by atoms with Gasteiger partial charge in [-0.15, -0.1) is 11.3 Å². The first-order valence-electron chi connectivity index (χ1n) is 5.44. The minimum absolute atomic E-state index is 0.339. The van der Waals surface area contributed by atoms with E-state index in [1.807, 2.05) is 23.6 Å².